The van der Waals surface area contributed by atoms with Crippen molar-refractivity contribution >= 4 is 18.0 Å². The number of fused-ring (bicyclic) bond motifs is 2. The van der Waals surface area contributed by atoms with Crippen molar-refractivity contribution in [1.82, 2.24) is 5.32 Å². The summed E-state index contributed by atoms with van der Waals surface area (Å²) < 4.78 is 24.7. The molecule has 314 valence electrons. The van der Waals surface area contributed by atoms with Crippen LogP contribution in [0.4, 0.5) is 4.79 Å². The molecule has 0 radical (unpaired) electrons. The van der Waals surface area contributed by atoms with Gasteiger partial charge in [-0.1, -0.05) is 27.7 Å². The van der Waals surface area contributed by atoms with Crippen molar-refractivity contribution in [3.8, 4) is 0 Å². The van der Waals surface area contributed by atoms with Crippen molar-refractivity contribution in [3.05, 3.63) is 0 Å². The number of carbonyl (C=O) groups excluding carboxylic acids is 3. The minimum atomic E-state index is -1.17. The van der Waals surface area contributed by atoms with Gasteiger partial charge in [0.25, 0.3) is 0 Å². The highest BCUT2D eigenvalue weighted by atomic mass is 16.6. The Morgan fingerprint density at radius 2 is 1.45 bits per heavy atom. The molecule has 6 fully saturated rings. The lowest BCUT2D eigenvalue weighted by Crippen LogP contribution is -2.62. The summed E-state index contributed by atoms with van der Waals surface area (Å²) in [6.45, 7) is 25.2. The maximum Gasteiger partial charge on any atom is 0.408 e. The predicted molar refractivity (Wildman–Crippen MR) is 207 cm³/mol. The number of ether oxygens (including phenoxy) is 4. The average Bonchev–Trinajstić information content (AvgIpc) is 3.35. The van der Waals surface area contributed by atoms with Crippen LogP contribution in [0.2, 0.25) is 0 Å². The van der Waals surface area contributed by atoms with Gasteiger partial charge in [-0.25, -0.2) is 9.59 Å². The van der Waals surface area contributed by atoms with Crippen LogP contribution < -0.4 is 5.32 Å². The molecule has 1 saturated heterocycles. The zero-order valence-corrected chi connectivity index (χ0v) is 36.1. The van der Waals surface area contributed by atoms with E-state index in [1.807, 2.05) is 0 Å². The molecule has 1 amide bonds. The Labute approximate surface area is 329 Å². The van der Waals surface area contributed by atoms with Gasteiger partial charge in [-0.2, -0.15) is 0 Å². The second-order valence-electron chi connectivity index (χ2n) is 22.6. The van der Waals surface area contributed by atoms with Gasteiger partial charge in [-0.15, -0.1) is 0 Å². The quantitative estimate of drug-likeness (QED) is 0.149. The van der Waals surface area contributed by atoms with E-state index in [0.717, 1.165) is 32.1 Å². The maximum absolute atomic E-state index is 14.5. The first-order valence-corrected chi connectivity index (χ1v) is 21.1. The van der Waals surface area contributed by atoms with Crippen LogP contribution in [0.1, 0.15) is 161 Å². The van der Waals surface area contributed by atoms with Crippen molar-refractivity contribution in [2.75, 3.05) is 0 Å². The molecule has 11 nitrogen and oxygen atoms in total. The number of alkyl carbamates (subject to hydrolysis) is 1. The summed E-state index contributed by atoms with van der Waals surface area (Å²) in [6.07, 6.45) is 4.21. The standard InChI is InChI=1S/C44H73NO10/c1-36(2,3)54-31(48)15-14-25(45-35(50)55-37(4,5)6)34(49)52-27-23-41(12)28-22-26(46)32-38(7,8)29(47)16-19-44(32)24-43(28,44)21-20-40(41,11)33(27)42(13)18-17-30(53-42)39(9,10)51/h25-30,32-33,46-47,51H,14-24H2,1-13H3,(H,45,50)/t25-,26-,27-,28?,29-,30-,32-,33-,40+,41-,42+,43?,44?/m0/s1. The van der Waals surface area contributed by atoms with Gasteiger partial charge >= 0.3 is 18.0 Å². The SMILES string of the molecule is CC(C)(C)OC(=O)CC[C@H](NC(=O)OC(C)(C)C)C(=O)O[C@H]1C[C@@]2(C)C3C[C@H](O)[C@H]4C(C)(C)[C@@H](O)CCC45CC35CC[C@]2(C)[C@H]1[C@@]1(C)CC[C@@H](C(C)(C)O)O1. The summed E-state index contributed by atoms with van der Waals surface area (Å²) in [4.78, 5) is 40.5. The van der Waals surface area contributed by atoms with Gasteiger partial charge in [0.05, 0.1) is 29.5 Å². The van der Waals surface area contributed by atoms with E-state index < -0.39 is 76.3 Å². The van der Waals surface area contributed by atoms with Crippen LogP contribution in [0.25, 0.3) is 0 Å². The van der Waals surface area contributed by atoms with Crippen LogP contribution in [0.3, 0.4) is 0 Å². The Morgan fingerprint density at radius 1 is 0.818 bits per heavy atom. The molecular formula is C44H73NO10. The zero-order valence-electron chi connectivity index (χ0n) is 36.1. The Bertz CT molecular complexity index is 1520. The third kappa shape index (κ3) is 7.04. The molecule has 0 aromatic carbocycles. The number of amides is 1. The molecule has 6 aliphatic rings. The van der Waals surface area contributed by atoms with Crippen LogP contribution in [0.15, 0.2) is 0 Å². The fourth-order valence-electron chi connectivity index (χ4n) is 13.8. The molecule has 5 aliphatic carbocycles. The third-order valence-electron chi connectivity index (χ3n) is 16.1. The van der Waals surface area contributed by atoms with E-state index in [1.54, 1.807) is 55.4 Å². The lowest BCUT2D eigenvalue weighted by Gasteiger charge is -2.64. The van der Waals surface area contributed by atoms with Crippen LogP contribution in [0.5, 0.6) is 0 Å². The van der Waals surface area contributed by atoms with E-state index >= 15 is 0 Å². The number of aliphatic hydroxyl groups excluding tert-OH is 2. The molecule has 13 atom stereocenters. The molecular weight excluding hydrogens is 702 g/mol. The summed E-state index contributed by atoms with van der Waals surface area (Å²) in [5, 5.41) is 37.1. The fraction of sp³-hybridized carbons (Fsp3) is 0.932. The molecule has 1 aliphatic heterocycles. The van der Waals surface area contributed by atoms with E-state index in [9.17, 15) is 29.7 Å². The Kier molecular flexibility index (Phi) is 10.3. The van der Waals surface area contributed by atoms with Crippen LogP contribution in [-0.2, 0) is 28.5 Å². The van der Waals surface area contributed by atoms with Gasteiger partial charge in [-0.05, 0) is 165 Å². The summed E-state index contributed by atoms with van der Waals surface area (Å²) in [6, 6.07) is -1.17. The number of nitrogens with one attached hydrogen (secondary N) is 1. The zero-order chi connectivity index (χ0) is 41.2. The van der Waals surface area contributed by atoms with Crippen molar-refractivity contribution in [3.63, 3.8) is 0 Å². The van der Waals surface area contributed by atoms with Crippen LogP contribution in [-0.4, -0.2) is 86.2 Å². The molecule has 2 spiro atoms. The highest BCUT2D eigenvalue weighted by Crippen LogP contribution is 2.89. The highest BCUT2D eigenvalue weighted by Gasteiger charge is 2.85. The Morgan fingerprint density at radius 3 is 2.04 bits per heavy atom. The number of aliphatic hydroxyl groups is 3. The monoisotopic (exact) mass is 776 g/mol. The minimum Gasteiger partial charge on any atom is -0.460 e. The Balaban J connectivity index is 1.35. The predicted octanol–water partition coefficient (Wildman–Crippen LogP) is 7.00. The molecule has 1 heterocycles. The number of hydrogen-bond donors (Lipinski definition) is 4. The van der Waals surface area contributed by atoms with Gasteiger partial charge in [0.1, 0.15) is 23.3 Å². The van der Waals surface area contributed by atoms with Gasteiger partial charge in [0.2, 0.25) is 0 Å². The molecule has 0 aromatic rings. The normalized spacial score (nSPS) is 43.9. The molecule has 0 bridgehead atoms. The minimum absolute atomic E-state index is 0.0201. The topological polar surface area (TPSA) is 161 Å². The summed E-state index contributed by atoms with van der Waals surface area (Å²) >= 11 is 0. The summed E-state index contributed by atoms with van der Waals surface area (Å²) in [5.41, 5.74) is -4.41. The largest absolute Gasteiger partial charge is 0.460 e. The van der Waals surface area contributed by atoms with Crippen molar-refractivity contribution in [2.45, 2.75) is 213 Å². The smallest absolute Gasteiger partial charge is 0.408 e. The van der Waals surface area contributed by atoms with Crippen LogP contribution >= 0.6 is 0 Å². The van der Waals surface area contributed by atoms with Crippen molar-refractivity contribution in [2.24, 2.45) is 44.8 Å². The second-order valence-corrected chi connectivity index (χ2v) is 22.6. The van der Waals surface area contributed by atoms with Gasteiger partial charge in [-0.3, -0.25) is 4.79 Å². The maximum atomic E-state index is 14.5. The van der Waals surface area contributed by atoms with Gasteiger partial charge in [0.15, 0.2) is 0 Å². The van der Waals surface area contributed by atoms with E-state index in [-0.39, 0.29) is 52.3 Å². The molecule has 4 N–H and O–H groups in total. The average molecular weight is 776 g/mol. The number of rotatable bonds is 8. The van der Waals surface area contributed by atoms with Gasteiger partial charge < -0.3 is 39.6 Å². The number of hydrogen-bond acceptors (Lipinski definition) is 10. The van der Waals surface area contributed by atoms with Crippen molar-refractivity contribution < 1.29 is 48.7 Å². The molecule has 6 rings (SSSR count). The second kappa shape index (κ2) is 13.3. The number of carbonyl (C=O) groups is 3. The first kappa shape index (κ1) is 42.7. The molecule has 11 heteroatoms. The summed E-state index contributed by atoms with van der Waals surface area (Å²) in [5.74, 6) is -1.19. The lowest BCUT2D eigenvalue weighted by molar-refractivity contribution is -0.214. The van der Waals surface area contributed by atoms with Gasteiger partial charge in [0, 0.05) is 12.3 Å². The summed E-state index contributed by atoms with van der Waals surface area (Å²) in [7, 11) is 0. The Hall–Kier alpha value is -1.95. The first-order chi connectivity index (χ1) is 24.9. The van der Waals surface area contributed by atoms with E-state index in [4.69, 9.17) is 18.9 Å². The van der Waals surface area contributed by atoms with Crippen molar-refractivity contribution in [1.29, 1.82) is 0 Å². The van der Waals surface area contributed by atoms with E-state index in [1.165, 1.54) is 0 Å². The highest BCUT2D eigenvalue weighted by molar-refractivity contribution is 5.82. The lowest BCUT2D eigenvalue weighted by atomic mass is 9.41. The molecule has 55 heavy (non-hydrogen) atoms. The molecule has 5 saturated carbocycles. The molecule has 0 aromatic heterocycles. The fourth-order valence-corrected chi connectivity index (χ4v) is 13.8. The third-order valence-corrected chi connectivity index (χ3v) is 16.1. The van der Waals surface area contributed by atoms with E-state index in [2.05, 4.69) is 39.9 Å². The molecule has 3 unspecified atom stereocenters. The number of esters is 2. The van der Waals surface area contributed by atoms with Crippen LogP contribution in [0, 0.1) is 44.8 Å². The first-order valence-electron chi connectivity index (χ1n) is 21.1. The van der Waals surface area contributed by atoms with E-state index in [0.29, 0.717) is 25.7 Å².